The number of rotatable bonds is 3. The van der Waals surface area contributed by atoms with E-state index in [2.05, 4.69) is 15.9 Å². The van der Waals surface area contributed by atoms with Crippen molar-refractivity contribution in [2.75, 3.05) is 0 Å². The minimum absolute atomic E-state index is 0.0266. The molecule has 0 N–H and O–H groups in total. The van der Waals surface area contributed by atoms with Crippen molar-refractivity contribution in [3.05, 3.63) is 0 Å². The van der Waals surface area contributed by atoms with Gasteiger partial charge in [-0.1, -0.05) is 29.8 Å². The first-order chi connectivity index (χ1) is 4.95. The lowest BCUT2D eigenvalue weighted by atomic mass is 10.1. The van der Waals surface area contributed by atoms with Gasteiger partial charge in [0.25, 0.3) is 0 Å². The fourth-order valence-electron chi connectivity index (χ4n) is 0.569. The minimum atomic E-state index is -0.176. The van der Waals surface area contributed by atoms with Gasteiger partial charge in [-0.15, -0.1) is 0 Å². The van der Waals surface area contributed by atoms with Gasteiger partial charge in [0.15, 0.2) is 0 Å². The zero-order valence-electron chi connectivity index (χ0n) is 7.43. The lowest BCUT2D eigenvalue weighted by Gasteiger charge is -2.14. The van der Waals surface area contributed by atoms with E-state index in [1.807, 2.05) is 27.7 Å². The van der Waals surface area contributed by atoms with Crippen molar-refractivity contribution >= 4 is 21.9 Å². The summed E-state index contributed by atoms with van der Waals surface area (Å²) in [5.74, 6) is 0.108. The molecule has 0 aromatic carbocycles. The van der Waals surface area contributed by atoms with Crippen LogP contribution in [0.4, 0.5) is 0 Å². The van der Waals surface area contributed by atoms with E-state index < -0.39 is 0 Å². The van der Waals surface area contributed by atoms with Gasteiger partial charge in [-0.2, -0.15) is 0 Å². The molecule has 0 spiro atoms. The molecule has 0 radical (unpaired) electrons. The molecule has 1 unspecified atom stereocenters. The Labute approximate surface area is 76.4 Å². The predicted molar refractivity (Wildman–Crippen MR) is 48.8 cm³/mol. The summed E-state index contributed by atoms with van der Waals surface area (Å²) in [4.78, 5) is 10.9. The van der Waals surface area contributed by atoms with Crippen LogP contribution in [0.25, 0.3) is 0 Å². The number of carbonyl (C=O) groups excluding carboxylic acids is 1. The highest BCUT2D eigenvalue weighted by Gasteiger charge is 2.20. The average molecular weight is 223 g/mol. The van der Waals surface area contributed by atoms with Crippen molar-refractivity contribution in [1.82, 2.24) is 0 Å². The number of esters is 1. The predicted octanol–water partition coefficient (Wildman–Crippen LogP) is 2.36. The molecule has 0 rings (SSSR count). The second-order valence-corrected chi connectivity index (χ2v) is 4.12. The van der Waals surface area contributed by atoms with Gasteiger partial charge in [-0.25, -0.2) is 0 Å². The summed E-state index contributed by atoms with van der Waals surface area (Å²) >= 11 is 3.26. The lowest BCUT2D eigenvalue weighted by Crippen LogP contribution is -2.25. The molecule has 0 aliphatic heterocycles. The molecule has 0 saturated heterocycles. The largest absolute Gasteiger partial charge is 0.462 e. The van der Waals surface area contributed by atoms with Crippen LogP contribution >= 0.6 is 15.9 Å². The van der Waals surface area contributed by atoms with Gasteiger partial charge in [-0.05, 0) is 19.8 Å². The van der Waals surface area contributed by atoms with Crippen molar-refractivity contribution in [2.45, 2.75) is 38.6 Å². The Morgan fingerprint density at radius 2 is 1.73 bits per heavy atom. The molecule has 0 aromatic rings. The number of carbonyl (C=O) groups is 1. The van der Waals surface area contributed by atoms with Crippen LogP contribution < -0.4 is 0 Å². The number of halogens is 1. The van der Waals surface area contributed by atoms with Gasteiger partial charge in [0.2, 0.25) is 0 Å². The van der Waals surface area contributed by atoms with Gasteiger partial charge in [-0.3, -0.25) is 4.79 Å². The lowest BCUT2D eigenvalue weighted by molar-refractivity contribution is -0.147. The van der Waals surface area contributed by atoms with Crippen LogP contribution in [0.3, 0.4) is 0 Å². The standard InChI is InChI=1S/C8H15BrO2/c1-5(2)7(9)8(10)11-6(3)4/h5-7H,1-4H3. The van der Waals surface area contributed by atoms with E-state index in [1.54, 1.807) is 0 Å². The topological polar surface area (TPSA) is 26.3 Å². The van der Waals surface area contributed by atoms with Crippen LogP contribution in [-0.2, 0) is 9.53 Å². The Balaban J connectivity index is 3.83. The van der Waals surface area contributed by atoms with Crippen molar-refractivity contribution < 1.29 is 9.53 Å². The van der Waals surface area contributed by atoms with Gasteiger partial charge in [0.05, 0.1) is 6.10 Å². The highest BCUT2D eigenvalue weighted by atomic mass is 79.9. The maximum atomic E-state index is 11.1. The summed E-state index contributed by atoms with van der Waals surface area (Å²) < 4.78 is 4.99. The van der Waals surface area contributed by atoms with Crippen molar-refractivity contribution in [1.29, 1.82) is 0 Å². The van der Waals surface area contributed by atoms with Crippen molar-refractivity contribution in [3.8, 4) is 0 Å². The van der Waals surface area contributed by atoms with Crippen molar-refractivity contribution in [3.63, 3.8) is 0 Å². The molecule has 0 aromatic heterocycles. The number of alkyl halides is 1. The Morgan fingerprint density at radius 1 is 1.27 bits per heavy atom. The third-order valence-corrected chi connectivity index (χ3v) is 2.59. The highest BCUT2D eigenvalue weighted by molar-refractivity contribution is 9.10. The van der Waals surface area contributed by atoms with E-state index >= 15 is 0 Å². The summed E-state index contributed by atoms with van der Waals surface area (Å²) in [6.07, 6.45) is -0.0266. The van der Waals surface area contributed by atoms with Crippen LogP contribution in [0.1, 0.15) is 27.7 Å². The second-order valence-electron chi connectivity index (χ2n) is 3.13. The summed E-state index contributed by atoms with van der Waals surface area (Å²) in [6.45, 7) is 7.64. The highest BCUT2D eigenvalue weighted by Crippen LogP contribution is 2.14. The number of hydrogen-bond acceptors (Lipinski definition) is 2. The van der Waals surface area contributed by atoms with Crippen LogP contribution in [0.5, 0.6) is 0 Å². The third-order valence-electron chi connectivity index (χ3n) is 1.16. The molecule has 66 valence electrons. The Morgan fingerprint density at radius 3 is 2.00 bits per heavy atom. The fourth-order valence-corrected chi connectivity index (χ4v) is 0.677. The zero-order valence-corrected chi connectivity index (χ0v) is 9.01. The van der Waals surface area contributed by atoms with Gasteiger partial charge in [0, 0.05) is 0 Å². The van der Waals surface area contributed by atoms with E-state index in [0.29, 0.717) is 0 Å². The number of ether oxygens (including phenoxy) is 1. The van der Waals surface area contributed by atoms with Gasteiger partial charge < -0.3 is 4.74 Å². The maximum absolute atomic E-state index is 11.1. The third kappa shape index (κ3) is 4.40. The zero-order chi connectivity index (χ0) is 9.02. The average Bonchev–Trinajstić information content (AvgIpc) is 1.84. The quantitative estimate of drug-likeness (QED) is 0.542. The Bertz CT molecular complexity index is 132. The summed E-state index contributed by atoms with van der Waals surface area (Å²) in [5, 5.41) is 0. The molecule has 0 heterocycles. The summed E-state index contributed by atoms with van der Waals surface area (Å²) in [7, 11) is 0. The molecule has 1 atom stereocenters. The monoisotopic (exact) mass is 222 g/mol. The first-order valence-corrected chi connectivity index (χ1v) is 4.71. The van der Waals surface area contributed by atoms with E-state index in [9.17, 15) is 4.79 Å². The number of hydrogen-bond donors (Lipinski definition) is 0. The molecule has 0 fully saturated rings. The molecule has 2 nitrogen and oxygen atoms in total. The molecule has 11 heavy (non-hydrogen) atoms. The minimum Gasteiger partial charge on any atom is -0.462 e. The van der Waals surface area contributed by atoms with E-state index in [1.165, 1.54) is 0 Å². The van der Waals surface area contributed by atoms with Crippen LogP contribution in [-0.4, -0.2) is 16.9 Å². The fraction of sp³-hybridized carbons (Fsp3) is 0.875. The second kappa shape index (κ2) is 4.75. The van der Waals surface area contributed by atoms with Crippen LogP contribution in [0, 0.1) is 5.92 Å². The van der Waals surface area contributed by atoms with E-state index in [4.69, 9.17) is 4.74 Å². The molecular formula is C8H15BrO2. The summed E-state index contributed by atoms with van der Waals surface area (Å²) in [5.41, 5.74) is 0. The smallest absolute Gasteiger partial charge is 0.320 e. The van der Waals surface area contributed by atoms with Crippen LogP contribution in [0.2, 0.25) is 0 Å². The van der Waals surface area contributed by atoms with E-state index in [-0.39, 0.29) is 22.8 Å². The molecule has 0 bridgehead atoms. The molecule has 0 aliphatic rings. The van der Waals surface area contributed by atoms with Gasteiger partial charge in [0.1, 0.15) is 4.83 Å². The molecule has 0 amide bonds. The summed E-state index contributed by atoms with van der Waals surface area (Å²) in [6, 6.07) is 0. The molecule has 3 heteroatoms. The Kier molecular flexibility index (Phi) is 4.73. The first-order valence-electron chi connectivity index (χ1n) is 3.79. The van der Waals surface area contributed by atoms with Crippen molar-refractivity contribution in [2.24, 2.45) is 5.92 Å². The Hall–Kier alpha value is -0.0500. The SMILES string of the molecule is CC(C)OC(=O)C(Br)C(C)C. The molecule has 0 saturated carbocycles. The maximum Gasteiger partial charge on any atom is 0.320 e. The van der Waals surface area contributed by atoms with Crippen LogP contribution in [0.15, 0.2) is 0 Å². The van der Waals surface area contributed by atoms with E-state index in [0.717, 1.165) is 0 Å². The molecular weight excluding hydrogens is 208 g/mol. The first kappa shape index (κ1) is 11.0. The normalized spacial score (nSPS) is 13.7. The van der Waals surface area contributed by atoms with Gasteiger partial charge >= 0.3 is 5.97 Å². The molecule has 0 aliphatic carbocycles.